The number of carbonyl (C=O) groups excluding carboxylic acids is 1. The summed E-state index contributed by atoms with van der Waals surface area (Å²) in [6, 6.07) is 18.4. The van der Waals surface area contributed by atoms with Crippen molar-refractivity contribution in [2.24, 2.45) is 0 Å². The standard InChI is InChI=1S/C28H34ClN3O9/c1-21(41-32(36)37)40-28(35)39-19-6-5-9-25(27(33)34)38-20-18-30-14-16-31(17-15-30)26(22-7-3-2-4-8-22)23-10-12-24(29)13-11-23/h2-8,10-13,21,25-26H,9,14-20H2,1H3,(H,33,34). The summed E-state index contributed by atoms with van der Waals surface area (Å²) in [5.41, 5.74) is 2.39. The van der Waals surface area contributed by atoms with Gasteiger partial charge in [-0.15, -0.1) is 10.1 Å². The van der Waals surface area contributed by atoms with Crippen molar-refractivity contribution in [1.82, 2.24) is 9.80 Å². The Labute approximate surface area is 243 Å². The molecule has 0 saturated carbocycles. The van der Waals surface area contributed by atoms with Crippen LogP contribution >= 0.6 is 11.6 Å². The normalized spacial score (nSPS) is 16.5. The number of carboxylic acid groups (broad SMARTS) is 1. The van der Waals surface area contributed by atoms with Gasteiger partial charge in [-0.25, -0.2) is 9.59 Å². The molecule has 41 heavy (non-hydrogen) atoms. The lowest BCUT2D eigenvalue weighted by molar-refractivity contribution is -0.777. The monoisotopic (exact) mass is 591 g/mol. The predicted octanol–water partition coefficient (Wildman–Crippen LogP) is 4.17. The zero-order chi connectivity index (χ0) is 29.6. The Hall–Kier alpha value is -3.71. The van der Waals surface area contributed by atoms with Crippen LogP contribution in [0.1, 0.15) is 30.5 Å². The molecule has 2 aromatic rings. The molecule has 0 aromatic heterocycles. The molecule has 1 aliphatic rings. The maximum Gasteiger partial charge on any atom is 0.510 e. The number of aliphatic carboxylic acids is 1. The lowest BCUT2D eigenvalue weighted by Crippen LogP contribution is -2.48. The molecule has 0 aliphatic carbocycles. The molecule has 1 N–H and O–H groups in total. The van der Waals surface area contributed by atoms with Crippen molar-refractivity contribution in [1.29, 1.82) is 0 Å². The van der Waals surface area contributed by atoms with E-state index in [1.54, 1.807) is 0 Å². The second-order valence-corrected chi connectivity index (χ2v) is 9.66. The number of rotatable bonds is 15. The molecule has 1 aliphatic heterocycles. The first-order valence-corrected chi connectivity index (χ1v) is 13.5. The summed E-state index contributed by atoms with van der Waals surface area (Å²) in [6.07, 6.45) is -0.602. The molecular weight excluding hydrogens is 558 g/mol. The molecule has 1 fully saturated rings. The zero-order valence-corrected chi connectivity index (χ0v) is 23.4. The van der Waals surface area contributed by atoms with Crippen LogP contribution in [0.25, 0.3) is 0 Å². The van der Waals surface area contributed by atoms with Gasteiger partial charge in [-0.2, -0.15) is 0 Å². The second-order valence-electron chi connectivity index (χ2n) is 9.22. The summed E-state index contributed by atoms with van der Waals surface area (Å²) in [7, 11) is 0. The fourth-order valence-electron chi connectivity index (χ4n) is 4.42. The Morgan fingerprint density at radius 2 is 1.71 bits per heavy atom. The number of benzene rings is 2. The third kappa shape index (κ3) is 11.0. The Kier molecular flexibility index (Phi) is 12.8. The van der Waals surface area contributed by atoms with E-state index in [9.17, 15) is 24.8 Å². The molecule has 0 bridgehead atoms. The Balaban J connectivity index is 1.41. The molecule has 13 heteroatoms. The average Bonchev–Trinajstić information content (AvgIpc) is 2.94. The fraction of sp³-hybridized carbons (Fsp3) is 0.429. The molecule has 3 unspecified atom stereocenters. The average molecular weight is 592 g/mol. The molecule has 0 radical (unpaired) electrons. The topological polar surface area (TPSA) is 141 Å². The van der Waals surface area contributed by atoms with Crippen LogP contribution < -0.4 is 0 Å². The van der Waals surface area contributed by atoms with Crippen LogP contribution in [-0.2, 0) is 23.8 Å². The SMILES string of the molecule is CC(OC(=O)OCC=CCC(OCCN1CCN(C(c2ccccc2)c2ccc(Cl)cc2)CC1)C(=O)O)O[N+](=O)[O-]. The fourth-order valence-corrected chi connectivity index (χ4v) is 4.55. The van der Waals surface area contributed by atoms with Crippen molar-refractivity contribution in [3.63, 3.8) is 0 Å². The van der Waals surface area contributed by atoms with E-state index >= 15 is 0 Å². The summed E-state index contributed by atoms with van der Waals surface area (Å²) in [6.45, 7) is 5.11. The highest BCUT2D eigenvalue weighted by molar-refractivity contribution is 6.30. The molecule has 12 nitrogen and oxygen atoms in total. The van der Waals surface area contributed by atoms with E-state index in [1.807, 2.05) is 30.3 Å². The highest BCUT2D eigenvalue weighted by Gasteiger charge is 2.26. The van der Waals surface area contributed by atoms with Crippen molar-refractivity contribution >= 4 is 23.7 Å². The van der Waals surface area contributed by atoms with Crippen molar-refractivity contribution in [2.45, 2.75) is 31.8 Å². The van der Waals surface area contributed by atoms with Gasteiger partial charge in [0.1, 0.15) is 6.61 Å². The van der Waals surface area contributed by atoms with Gasteiger partial charge in [-0.3, -0.25) is 14.6 Å². The van der Waals surface area contributed by atoms with Gasteiger partial charge in [0.15, 0.2) is 6.10 Å². The van der Waals surface area contributed by atoms with Gasteiger partial charge in [-0.1, -0.05) is 66.2 Å². The molecule has 0 spiro atoms. The first kappa shape index (κ1) is 31.8. The Morgan fingerprint density at radius 3 is 2.34 bits per heavy atom. The van der Waals surface area contributed by atoms with Gasteiger partial charge < -0.3 is 19.3 Å². The predicted molar refractivity (Wildman–Crippen MR) is 149 cm³/mol. The number of nitrogens with zero attached hydrogens (tertiary/aromatic N) is 3. The zero-order valence-electron chi connectivity index (χ0n) is 22.7. The largest absolute Gasteiger partial charge is 0.510 e. The smallest absolute Gasteiger partial charge is 0.479 e. The summed E-state index contributed by atoms with van der Waals surface area (Å²) in [5.74, 6) is -1.10. The van der Waals surface area contributed by atoms with Crippen LogP contribution in [0.2, 0.25) is 5.02 Å². The molecule has 3 rings (SSSR count). The lowest BCUT2D eigenvalue weighted by Gasteiger charge is -2.39. The summed E-state index contributed by atoms with van der Waals surface area (Å²) in [5, 5.41) is 19.3. The molecule has 1 saturated heterocycles. The summed E-state index contributed by atoms with van der Waals surface area (Å²) in [4.78, 5) is 42.0. The first-order valence-electron chi connectivity index (χ1n) is 13.1. The number of ether oxygens (including phenoxy) is 3. The van der Waals surface area contributed by atoms with Crippen LogP contribution in [0.15, 0.2) is 66.7 Å². The van der Waals surface area contributed by atoms with E-state index in [0.29, 0.717) is 11.6 Å². The second kappa shape index (κ2) is 16.5. The number of hydrogen-bond acceptors (Lipinski definition) is 10. The lowest BCUT2D eigenvalue weighted by atomic mass is 9.96. The summed E-state index contributed by atoms with van der Waals surface area (Å²) >= 11 is 6.12. The molecule has 3 atom stereocenters. The molecule has 0 amide bonds. The Bertz CT molecular complexity index is 1140. The minimum Gasteiger partial charge on any atom is -0.479 e. The maximum absolute atomic E-state index is 11.6. The van der Waals surface area contributed by atoms with Gasteiger partial charge in [0, 0.05) is 44.2 Å². The minimum absolute atomic E-state index is 0.0716. The van der Waals surface area contributed by atoms with Crippen molar-refractivity contribution in [3.05, 3.63) is 93.0 Å². The number of halogens is 1. The van der Waals surface area contributed by atoms with Gasteiger partial charge in [0.25, 0.3) is 5.09 Å². The third-order valence-corrected chi connectivity index (χ3v) is 6.64. The van der Waals surface area contributed by atoms with Crippen LogP contribution in [-0.4, -0.2) is 90.4 Å². The van der Waals surface area contributed by atoms with Gasteiger partial charge in [0.05, 0.1) is 12.6 Å². The molecule has 2 aromatic carbocycles. The first-order chi connectivity index (χ1) is 19.7. The number of carboxylic acids is 1. The van der Waals surface area contributed by atoms with E-state index in [2.05, 4.69) is 43.6 Å². The number of piperazine rings is 1. The van der Waals surface area contributed by atoms with Crippen molar-refractivity contribution in [2.75, 3.05) is 45.9 Å². The number of carbonyl (C=O) groups is 2. The Morgan fingerprint density at radius 1 is 1.05 bits per heavy atom. The molecule has 222 valence electrons. The van der Waals surface area contributed by atoms with Crippen LogP contribution in [0.3, 0.4) is 0 Å². The van der Waals surface area contributed by atoms with Crippen LogP contribution in [0.4, 0.5) is 4.79 Å². The van der Waals surface area contributed by atoms with E-state index in [4.69, 9.17) is 21.1 Å². The molecule has 1 heterocycles. The van der Waals surface area contributed by atoms with E-state index in [0.717, 1.165) is 33.1 Å². The van der Waals surface area contributed by atoms with Gasteiger partial charge >= 0.3 is 12.1 Å². The van der Waals surface area contributed by atoms with E-state index < -0.39 is 29.6 Å². The van der Waals surface area contributed by atoms with Crippen LogP contribution in [0.5, 0.6) is 0 Å². The maximum atomic E-state index is 11.6. The summed E-state index contributed by atoms with van der Waals surface area (Å²) < 4.78 is 14.9. The van der Waals surface area contributed by atoms with Crippen LogP contribution in [0, 0.1) is 10.1 Å². The van der Waals surface area contributed by atoms with Gasteiger partial charge in [-0.05, 0) is 30.2 Å². The van der Waals surface area contributed by atoms with Crippen molar-refractivity contribution in [3.8, 4) is 0 Å². The van der Waals surface area contributed by atoms with E-state index in [1.165, 1.54) is 23.3 Å². The third-order valence-electron chi connectivity index (χ3n) is 6.39. The molecular formula is C28H34ClN3O9. The highest BCUT2D eigenvalue weighted by atomic mass is 35.5. The van der Waals surface area contributed by atoms with Crippen molar-refractivity contribution < 1.29 is 38.8 Å². The number of hydrogen-bond donors (Lipinski definition) is 1. The highest BCUT2D eigenvalue weighted by Crippen LogP contribution is 2.30. The minimum atomic E-state index is -1.41. The van der Waals surface area contributed by atoms with E-state index in [-0.39, 0.29) is 25.7 Å². The quantitative estimate of drug-likeness (QED) is 0.105. The van der Waals surface area contributed by atoms with Gasteiger partial charge in [0.2, 0.25) is 6.29 Å².